The Morgan fingerprint density at radius 2 is 2.16 bits per heavy atom. The van der Waals surface area contributed by atoms with Gasteiger partial charge in [-0.3, -0.25) is 14.3 Å². The Morgan fingerprint density at radius 3 is 2.63 bits per heavy atom. The molecule has 0 amide bonds. The van der Waals surface area contributed by atoms with E-state index >= 15 is 0 Å². The Hall–Kier alpha value is -1.61. The molecule has 106 valence electrons. The zero-order chi connectivity index (χ0) is 14.2. The summed E-state index contributed by atoms with van der Waals surface area (Å²) in [6.45, 7) is -0.793. The van der Waals surface area contributed by atoms with Crippen LogP contribution < -0.4 is 11.2 Å². The van der Waals surface area contributed by atoms with Gasteiger partial charge in [0, 0.05) is 18.7 Å². The van der Waals surface area contributed by atoms with Gasteiger partial charge in [0.15, 0.2) is 0 Å². The van der Waals surface area contributed by atoms with E-state index in [1.165, 1.54) is 0 Å². The first kappa shape index (κ1) is 13.8. The SMILES string of the molecule is O=c1ccn([C@H]2C[C@H](C(F)(F)F)[C@@H](CO)O2)c(=O)[nH]1. The first-order valence-electron chi connectivity index (χ1n) is 5.47. The highest BCUT2D eigenvalue weighted by Gasteiger charge is 2.51. The number of ether oxygens (including phenoxy) is 1. The predicted octanol–water partition coefficient (Wildman–Crippen LogP) is -0.00510. The van der Waals surface area contributed by atoms with Crippen LogP contribution in [-0.2, 0) is 4.74 Å². The number of aliphatic hydroxyl groups is 1. The van der Waals surface area contributed by atoms with Crippen molar-refractivity contribution in [2.24, 2.45) is 5.92 Å². The van der Waals surface area contributed by atoms with Gasteiger partial charge in [0.1, 0.15) is 6.23 Å². The minimum atomic E-state index is -4.52. The fourth-order valence-corrected chi connectivity index (χ4v) is 2.07. The Labute approximate surface area is 104 Å². The molecule has 0 aliphatic carbocycles. The van der Waals surface area contributed by atoms with Crippen molar-refractivity contribution in [1.29, 1.82) is 0 Å². The third kappa shape index (κ3) is 2.71. The van der Waals surface area contributed by atoms with Crippen LogP contribution in [0.5, 0.6) is 0 Å². The maximum atomic E-state index is 12.7. The van der Waals surface area contributed by atoms with Crippen LogP contribution in [0.25, 0.3) is 0 Å². The standard InChI is InChI=1S/C10H11F3N2O4/c11-10(12,13)5-3-8(19-6(5)4-16)15-2-1-7(17)14-9(15)18/h1-2,5-6,8,16H,3-4H2,(H,14,17,18)/t5-,6+,8+/m0/s1. The number of alkyl halides is 3. The Kier molecular flexibility index (Phi) is 3.50. The fourth-order valence-electron chi connectivity index (χ4n) is 2.07. The number of aromatic amines is 1. The largest absolute Gasteiger partial charge is 0.394 e. The Bertz CT molecular complexity index is 565. The lowest BCUT2D eigenvalue weighted by Crippen LogP contribution is -2.32. The number of nitrogens with zero attached hydrogens (tertiary/aromatic N) is 1. The van der Waals surface area contributed by atoms with Gasteiger partial charge in [-0.25, -0.2) is 4.79 Å². The minimum absolute atomic E-state index is 0.485. The topological polar surface area (TPSA) is 84.3 Å². The molecule has 1 aliphatic rings. The summed E-state index contributed by atoms with van der Waals surface area (Å²) >= 11 is 0. The normalized spacial score (nSPS) is 27.7. The van der Waals surface area contributed by atoms with Gasteiger partial charge in [0.25, 0.3) is 5.56 Å². The second-order valence-corrected chi connectivity index (χ2v) is 4.21. The molecule has 2 heterocycles. The van der Waals surface area contributed by atoms with Crippen molar-refractivity contribution in [3.63, 3.8) is 0 Å². The summed E-state index contributed by atoms with van der Waals surface area (Å²) in [7, 11) is 0. The summed E-state index contributed by atoms with van der Waals surface area (Å²) in [4.78, 5) is 24.3. The van der Waals surface area contributed by atoms with E-state index in [4.69, 9.17) is 9.84 Å². The van der Waals surface area contributed by atoms with Crippen LogP contribution in [0.4, 0.5) is 13.2 Å². The lowest BCUT2D eigenvalue weighted by molar-refractivity contribution is -0.190. The van der Waals surface area contributed by atoms with Crippen LogP contribution in [-0.4, -0.2) is 33.5 Å². The molecule has 1 fully saturated rings. The highest BCUT2D eigenvalue weighted by atomic mass is 19.4. The highest BCUT2D eigenvalue weighted by Crippen LogP contribution is 2.42. The number of nitrogens with one attached hydrogen (secondary N) is 1. The Balaban J connectivity index is 2.29. The summed E-state index contributed by atoms with van der Waals surface area (Å²) < 4.78 is 44.0. The van der Waals surface area contributed by atoms with E-state index in [1.807, 2.05) is 4.98 Å². The van der Waals surface area contributed by atoms with Crippen LogP contribution in [0, 0.1) is 5.92 Å². The molecule has 2 rings (SSSR count). The monoisotopic (exact) mass is 280 g/mol. The predicted molar refractivity (Wildman–Crippen MR) is 56.5 cm³/mol. The van der Waals surface area contributed by atoms with Crippen LogP contribution in [0.15, 0.2) is 21.9 Å². The number of hydrogen-bond acceptors (Lipinski definition) is 4. The highest BCUT2D eigenvalue weighted by molar-refractivity contribution is 4.90. The number of aliphatic hydroxyl groups excluding tert-OH is 1. The molecule has 0 bridgehead atoms. The van der Waals surface area contributed by atoms with Crippen molar-refractivity contribution in [1.82, 2.24) is 9.55 Å². The van der Waals surface area contributed by atoms with Crippen LogP contribution >= 0.6 is 0 Å². The molecule has 1 aromatic rings. The molecule has 0 radical (unpaired) electrons. The zero-order valence-electron chi connectivity index (χ0n) is 9.55. The minimum Gasteiger partial charge on any atom is -0.394 e. The molecule has 1 saturated heterocycles. The average molecular weight is 280 g/mol. The van der Waals surface area contributed by atoms with Crippen molar-refractivity contribution in [2.75, 3.05) is 6.61 Å². The summed E-state index contributed by atoms with van der Waals surface area (Å²) in [5.41, 5.74) is -1.50. The van der Waals surface area contributed by atoms with Gasteiger partial charge in [0.05, 0.1) is 18.6 Å². The molecule has 0 saturated carbocycles. The molecule has 0 spiro atoms. The van der Waals surface area contributed by atoms with Gasteiger partial charge in [-0.15, -0.1) is 0 Å². The van der Waals surface area contributed by atoms with E-state index in [2.05, 4.69) is 0 Å². The molecule has 19 heavy (non-hydrogen) atoms. The van der Waals surface area contributed by atoms with E-state index in [0.29, 0.717) is 0 Å². The van der Waals surface area contributed by atoms with Gasteiger partial charge in [-0.1, -0.05) is 0 Å². The molecule has 0 aromatic carbocycles. The van der Waals surface area contributed by atoms with E-state index in [0.717, 1.165) is 16.8 Å². The number of H-pyrrole nitrogens is 1. The van der Waals surface area contributed by atoms with Crippen molar-refractivity contribution >= 4 is 0 Å². The summed E-state index contributed by atoms with van der Waals surface area (Å²) in [5.74, 6) is -1.85. The van der Waals surface area contributed by atoms with E-state index in [9.17, 15) is 22.8 Å². The summed E-state index contributed by atoms with van der Waals surface area (Å²) in [5, 5.41) is 8.91. The second kappa shape index (κ2) is 4.82. The number of hydrogen-bond donors (Lipinski definition) is 2. The first-order chi connectivity index (χ1) is 8.82. The molecule has 0 unspecified atom stereocenters. The number of aromatic nitrogens is 2. The molecular weight excluding hydrogens is 269 g/mol. The lowest BCUT2D eigenvalue weighted by Gasteiger charge is -2.18. The molecule has 6 nitrogen and oxygen atoms in total. The molecule has 2 N–H and O–H groups in total. The van der Waals surface area contributed by atoms with Crippen LogP contribution in [0.1, 0.15) is 12.6 Å². The summed E-state index contributed by atoms with van der Waals surface area (Å²) in [6, 6.07) is 1.01. The molecule has 1 aromatic heterocycles. The van der Waals surface area contributed by atoms with Gasteiger partial charge < -0.3 is 9.84 Å². The van der Waals surface area contributed by atoms with Gasteiger partial charge >= 0.3 is 11.9 Å². The van der Waals surface area contributed by atoms with Gasteiger partial charge in [-0.05, 0) is 0 Å². The second-order valence-electron chi connectivity index (χ2n) is 4.21. The zero-order valence-corrected chi connectivity index (χ0v) is 9.55. The van der Waals surface area contributed by atoms with E-state index < -0.39 is 48.7 Å². The molecular formula is C10H11F3N2O4. The average Bonchev–Trinajstić information content (AvgIpc) is 2.72. The van der Waals surface area contributed by atoms with E-state index in [1.54, 1.807) is 0 Å². The van der Waals surface area contributed by atoms with Crippen molar-refractivity contribution in [3.8, 4) is 0 Å². The first-order valence-corrected chi connectivity index (χ1v) is 5.47. The molecule has 1 aliphatic heterocycles. The summed E-state index contributed by atoms with van der Waals surface area (Å²) in [6.07, 6.45) is -6.51. The van der Waals surface area contributed by atoms with Gasteiger partial charge in [-0.2, -0.15) is 13.2 Å². The third-order valence-electron chi connectivity index (χ3n) is 3.00. The van der Waals surface area contributed by atoms with Crippen LogP contribution in [0.2, 0.25) is 0 Å². The van der Waals surface area contributed by atoms with Crippen molar-refractivity contribution in [2.45, 2.75) is 24.9 Å². The van der Waals surface area contributed by atoms with Crippen molar-refractivity contribution in [3.05, 3.63) is 33.1 Å². The van der Waals surface area contributed by atoms with Crippen molar-refractivity contribution < 1.29 is 23.0 Å². The Morgan fingerprint density at radius 1 is 1.47 bits per heavy atom. The number of halogens is 3. The third-order valence-corrected chi connectivity index (χ3v) is 3.00. The van der Waals surface area contributed by atoms with Gasteiger partial charge in [0.2, 0.25) is 0 Å². The lowest BCUT2D eigenvalue weighted by atomic mass is 10.0. The maximum absolute atomic E-state index is 12.7. The number of rotatable bonds is 2. The van der Waals surface area contributed by atoms with Crippen LogP contribution in [0.3, 0.4) is 0 Å². The fraction of sp³-hybridized carbons (Fsp3) is 0.600. The maximum Gasteiger partial charge on any atom is 0.394 e. The quantitative estimate of drug-likeness (QED) is 0.798. The van der Waals surface area contributed by atoms with E-state index in [-0.39, 0.29) is 0 Å². The molecule has 9 heteroatoms. The smallest absolute Gasteiger partial charge is 0.394 e. The molecule has 3 atom stereocenters.